The number of ether oxygens (including phenoxy) is 3. The van der Waals surface area contributed by atoms with Gasteiger partial charge in [0, 0.05) is 6.54 Å². The summed E-state index contributed by atoms with van der Waals surface area (Å²) in [5.74, 6) is 2.40. The highest BCUT2D eigenvalue weighted by Gasteiger charge is 2.21. The molecule has 1 aliphatic rings. The molecular formula is C26H27NO3. The summed E-state index contributed by atoms with van der Waals surface area (Å²) in [5, 5.41) is 3.59. The molecular weight excluding hydrogens is 374 g/mol. The minimum absolute atomic E-state index is 0.122. The quantitative estimate of drug-likeness (QED) is 0.592. The predicted octanol–water partition coefficient (Wildman–Crippen LogP) is 5.18. The summed E-state index contributed by atoms with van der Waals surface area (Å²) in [7, 11) is 3.37. The van der Waals surface area contributed by atoms with Crippen molar-refractivity contribution in [3.63, 3.8) is 0 Å². The zero-order chi connectivity index (χ0) is 20.8. The summed E-state index contributed by atoms with van der Waals surface area (Å²) < 4.78 is 17.1. The van der Waals surface area contributed by atoms with Crippen molar-refractivity contribution in [2.45, 2.75) is 19.1 Å². The predicted molar refractivity (Wildman–Crippen MR) is 120 cm³/mol. The molecule has 1 unspecified atom stereocenters. The van der Waals surface area contributed by atoms with E-state index in [0.717, 1.165) is 41.3 Å². The van der Waals surface area contributed by atoms with Crippen molar-refractivity contribution in [2.24, 2.45) is 0 Å². The fourth-order valence-corrected chi connectivity index (χ4v) is 3.73. The van der Waals surface area contributed by atoms with Crippen molar-refractivity contribution in [3.8, 4) is 17.2 Å². The van der Waals surface area contributed by atoms with Gasteiger partial charge in [-0.2, -0.15) is 0 Å². The zero-order valence-corrected chi connectivity index (χ0v) is 17.4. The van der Waals surface area contributed by atoms with Gasteiger partial charge in [0.15, 0.2) is 11.5 Å². The molecule has 1 aliphatic heterocycles. The molecule has 30 heavy (non-hydrogen) atoms. The molecule has 154 valence electrons. The minimum atomic E-state index is 0.122. The van der Waals surface area contributed by atoms with Crippen LogP contribution in [0.4, 0.5) is 0 Å². The molecule has 4 heteroatoms. The maximum absolute atomic E-state index is 6.09. The van der Waals surface area contributed by atoms with E-state index >= 15 is 0 Å². The van der Waals surface area contributed by atoms with E-state index in [2.05, 4.69) is 47.8 Å². The SMILES string of the molecule is COc1cccc(C=CC2NCCc3cc(OCc4ccccc4)c(OC)cc32)c1. The first-order chi connectivity index (χ1) is 14.8. The third kappa shape index (κ3) is 4.66. The standard InChI is InChI=1S/C26H27NO3/c1-28-22-10-6-9-19(15-22)11-12-24-23-17-25(29-2)26(16-21(23)13-14-27-24)30-18-20-7-4-3-5-8-20/h3-12,15-17,24,27H,13-14,18H2,1-2H3. The summed E-state index contributed by atoms with van der Waals surface area (Å²) in [6, 6.07) is 22.6. The first kappa shape index (κ1) is 20.0. The van der Waals surface area contributed by atoms with Gasteiger partial charge in [-0.3, -0.25) is 0 Å². The lowest BCUT2D eigenvalue weighted by atomic mass is 9.93. The second-order valence-electron chi connectivity index (χ2n) is 7.29. The molecule has 0 amide bonds. The van der Waals surface area contributed by atoms with Crippen LogP contribution >= 0.6 is 0 Å². The van der Waals surface area contributed by atoms with Gasteiger partial charge < -0.3 is 19.5 Å². The summed E-state index contributed by atoms with van der Waals surface area (Å²) in [6.07, 6.45) is 5.28. The van der Waals surface area contributed by atoms with Gasteiger partial charge in [0.25, 0.3) is 0 Å². The molecule has 0 aliphatic carbocycles. The lowest BCUT2D eigenvalue weighted by Crippen LogP contribution is -2.28. The van der Waals surface area contributed by atoms with Crippen LogP contribution in [0, 0.1) is 0 Å². The van der Waals surface area contributed by atoms with Crippen LogP contribution in [-0.4, -0.2) is 20.8 Å². The topological polar surface area (TPSA) is 39.7 Å². The van der Waals surface area contributed by atoms with Gasteiger partial charge in [-0.25, -0.2) is 0 Å². The lowest BCUT2D eigenvalue weighted by Gasteiger charge is -2.26. The van der Waals surface area contributed by atoms with Gasteiger partial charge in [-0.1, -0.05) is 54.6 Å². The maximum Gasteiger partial charge on any atom is 0.161 e. The molecule has 0 saturated carbocycles. The van der Waals surface area contributed by atoms with Crippen molar-refractivity contribution >= 4 is 6.08 Å². The molecule has 4 nitrogen and oxygen atoms in total. The Labute approximate surface area is 178 Å². The van der Waals surface area contributed by atoms with Crippen LogP contribution in [0.1, 0.15) is 28.3 Å². The van der Waals surface area contributed by atoms with E-state index in [0.29, 0.717) is 6.61 Å². The van der Waals surface area contributed by atoms with Gasteiger partial charge in [-0.05, 0) is 52.9 Å². The molecule has 0 fully saturated rings. The molecule has 0 spiro atoms. The number of fused-ring (bicyclic) bond motifs is 1. The van der Waals surface area contributed by atoms with Crippen molar-refractivity contribution in [1.29, 1.82) is 0 Å². The number of rotatable bonds is 7. The molecule has 0 radical (unpaired) electrons. The highest BCUT2D eigenvalue weighted by molar-refractivity contribution is 5.55. The number of nitrogens with one attached hydrogen (secondary N) is 1. The highest BCUT2D eigenvalue weighted by Crippen LogP contribution is 2.36. The third-order valence-electron chi connectivity index (χ3n) is 5.33. The van der Waals surface area contributed by atoms with Gasteiger partial charge >= 0.3 is 0 Å². The number of hydrogen-bond donors (Lipinski definition) is 1. The molecule has 4 rings (SSSR count). The molecule has 1 atom stereocenters. The summed E-state index contributed by atoms with van der Waals surface area (Å²) in [5.41, 5.74) is 4.76. The van der Waals surface area contributed by atoms with Gasteiger partial charge in [0.05, 0.1) is 20.3 Å². The fraction of sp³-hybridized carbons (Fsp3) is 0.231. The smallest absolute Gasteiger partial charge is 0.161 e. The number of benzene rings is 3. The Bertz CT molecular complexity index is 1010. The van der Waals surface area contributed by atoms with Crippen molar-refractivity contribution in [3.05, 3.63) is 95.1 Å². The second-order valence-corrected chi connectivity index (χ2v) is 7.29. The van der Waals surface area contributed by atoms with E-state index in [9.17, 15) is 0 Å². The molecule has 0 aromatic heterocycles. The summed E-state index contributed by atoms with van der Waals surface area (Å²) in [6.45, 7) is 1.44. The van der Waals surface area contributed by atoms with E-state index in [1.807, 2.05) is 36.4 Å². The van der Waals surface area contributed by atoms with E-state index in [1.165, 1.54) is 11.1 Å². The van der Waals surface area contributed by atoms with Gasteiger partial charge in [0.2, 0.25) is 0 Å². The van der Waals surface area contributed by atoms with Crippen molar-refractivity contribution < 1.29 is 14.2 Å². The average molecular weight is 402 g/mol. The second kappa shape index (κ2) is 9.51. The first-order valence-corrected chi connectivity index (χ1v) is 10.2. The van der Waals surface area contributed by atoms with Gasteiger partial charge in [0.1, 0.15) is 12.4 Å². The molecule has 3 aromatic rings. The maximum atomic E-state index is 6.09. The van der Waals surface area contributed by atoms with Gasteiger partial charge in [-0.15, -0.1) is 0 Å². The highest BCUT2D eigenvalue weighted by atomic mass is 16.5. The van der Waals surface area contributed by atoms with Crippen LogP contribution < -0.4 is 19.5 Å². The minimum Gasteiger partial charge on any atom is -0.497 e. The average Bonchev–Trinajstić information content (AvgIpc) is 2.81. The van der Waals surface area contributed by atoms with Crippen LogP contribution in [0.25, 0.3) is 6.08 Å². The van der Waals surface area contributed by atoms with E-state index < -0.39 is 0 Å². The summed E-state index contributed by atoms with van der Waals surface area (Å²) in [4.78, 5) is 0. The van der Waals surface area contributed by atoms with Crippen LogP contribution in [0.2, 0.25) is 0 Å². The van der Waals surface area contributed by atoms with Crippen LogP contribution in [-0.2, 0) is 13.0 Å². The largest absolute Gasteiger partial charge is 0.497 e. The Morgan fingerprint density at radius 2 is 1.80 bits per heavy atom. The molecule has 1 N–H and O–H groups in total. The summed E-state index contributed by atoms with van der Waals surface area (Å²) >= 11 is 0. The lowest BCUT2D eigenvalue weighted by molar-refractivity contribution is 0.283. The van der Waals surface area contributed by atoms with Crippen LogP contribution in [0.5, 0.6) is 17.2 Å². The monoisotopic (exact) mass is 401 g/mol. The van der Waals surface area contributed by atoms with Crippen LogP contribution in [0.15, 0.2) is 72.8 Å². The van der Waals surface area contributed by atoms with Crippen molar-refractivity contribution in [1.82, 2.24) is 5.32 Å². The molecule has 0 bridgehead atoms. The fourth-order valence-electron chi connectivity index (χ4n) is 3.73. The van der Waals surface area contributed by atoms with Crippen LogP contribution in [0.3, 0.4) is 0 Å². The number of methoxy groups -OCH3 is 2. The Morgan fingerprint density at radius 3 is 2.60 bits per heavy atom. The Morgan fingerprint density at radius 1 is 0.933 bits per heavy atom. The van der Waals surface area contributed by atoms with Crippen molar-refractivity contribution in [2.75, 3.05) is 20.8 Å². The Balaban J connectivity index is 1.56. The number of hydrogen-bond acceptors (Lipinski definition) is 4. The molecule has 0 saturated heterocycles. The molecule has 1 heterocycles. The Kier molecular flexibility index (Phi) is 6.35. The third-order valence-corrected chi connectivity index (χ3v) is 5.33. The van der Waals surface area contributed by atoms with E-state index in [-0.39, 0.29) is 6.04 Å². The zero-order valence-electron chi connectivity index (χ0n) is 17.4. The normalized spacial score (nSPS) is 15.6. The first-order valence-electron chi connectivity index (χ1n) is 10.2. The van der Waals surface area contributed by atoms with E-state index in [1.54, 1.807) is 14.2 Å². The van der Waals surface area contributed by atoms with E-state index in [4.69, 9.17) is 14.2 Å². The Hall–Kier alpha value is -3.24. The molecule has 3 aromatic carbocycles.